The van der Waals surface area contributed by atoms with Crippen molar-refractivity contribution in [2.75, 3.05) is 5.32 Å². The first kappa shape index (κ1) is 24.3. The zero-order valence-electron chi connectivity index (χ0n) is 18.7. The monoisotopic (exact) mass is 508 g/mol. The molecule has 0 saturated heterocycles. The third kappa shape index (κ3) is 5.65. The molecule has 0 radical (unpaired) electrons. The lowest BCUT2D eigenvalue weighted by molar-refractivity contribution is -0.126. The smallest absolute Gasteiger partial charge is 0.296 e. The van der Waals surface area contributed by atoms with E-state index in [1.165, 1.54) is 24.3 Å². The number of nitrogens with one attached hydrogen (secondary N) is 1. The van der Waals surface area contributed by atoms with Gasteiger partial charge in [0.05, 0.1) is 10.4 Å². The fourth-order valence-electron chi connectivity index (χ4n) is 3.30. The predicted octanol–water partition coefficient (Wildman–Crippen LogP) is 5.20. The number of anilines is 1. The van der Waals surface area contributed by atoms with Crippen molar-refractivity contribution in [1.29, 1.82) is 0 Å². The van der Waals surface area contributed by atoms with Gasteiger partial charge in [-0.1, -0.05) is 18.2 Å². The largest absolute Gasteiger partial charge is 0.324 e. The molecular formula is C24H20N4O5S2. The van der Waals surface area contributed by atoms with Crippen molar-refractivity contribution >= 4 is 54.7 Å². The quantitative estimate of drug-likeness (QED) is 0.200. The maximum absolute atomic E-state index is 12.5. The summed E-state index contributed by atoms with van der Waals surface area (Å²) in [5.41, 5.74) is 2.56. The number of fused-ring (bicyclic) bond motifs is 1. The van der Waals surface area contributed by atoms with Crippen molar-refractivity contribution in [1.82, 2.24) is 4.98 Å². The van der Waals surface area contributed by atoms with Gasteiger partial charge in [0.15, 0.2) is 5.78 Å². The number of ketones is 1. The van der Waals surface area contributed by atoms with E-state index in [0.717, 1.165) is 0 Å². The van der Waals surface area contributed by atoms with E-state index in [-0.39, 0.29) is 10.4 Å². The van der Waals surface area contributed by atoms with Gasteiger partial charge in [-0.3, -0.25) is 14.1 Å². The number of rotatable bonds is 7. The van der Waals surface area contributed by atoms with Gasteiger partial charge in [0.25, 0.3) is 16.0 Å². The molecule has 3 aromatic carbocycles. The molecule has 1 aromatic heterocycles. The SMILES string of the molecule is CC(=O)C(N=Nc1ccc(-c2nc3c(S(=O)(=O)O)cc(C)cc3s2)cc1)C(=O)Nc1ccccc1. The Kier molecular flexibility index (Phi) is 6.83. The van der Waals surface area contributed by atoms with E-state index in [2.05, 4.69) is 20.5 Å². The number of aromatic nitrogens is 1. The molecule has 0 spiro atoms. The van der Waals surface area contributed by atoms with Gasteiger partial charge >= 0.3 is 0 Å². The van der Waals surface area contributed by atoms with Crippen LogP contribution in [-0.2, 0) is 19.7 Å². The van der Waals surface area contributed by atoms with Gasteiger partial charge in [0, 0.05) is 11.3 Å². The molecule has 0 aliphatic carbocycles. The second-order valence-corrected chi connectivity index (χ2v) is 10.2. The molecule has 178 valence electrons. The third-order valence-electron chi connectivity index (χ3n) is 4.96. The second kappa shape index (κ2) is 9.82. The molecule has 0 aliphatic rings. The molecule has 0 bridgehead atoms. The summed E-state index contributed by atoms with van der Waals surface area (Å²) in [7, 11) is -4.42. The number of nitrogens with zero attached hydrogens (tertiary/aromatic N) is 3. The number of aryl methyl sites for hydroxylation is 1. The van der Waals surface area contributed by atoms with Crippen LogP contribution >= 0.6 is 11.3 Å². The Balaban J connectivity index is 1.56. The second-order valence-electron chi connectivity index (χ2n) is 7.73. The molecule has 1 unspecified atom stereocenters. The molecule has 4 rings (SSSR count). The summed E-state index contributed by atoms with van der Waals surface area (Å²) in [4.78, 5) is 28.6. The van der Waals surface area contributed by atoms with Gasteiger partial charge in [0.1, 0.15) is 15.4 Å². The lowest BCUT2D eigenvalue weighted by Crippen LogP contribution is -2.31. The minimum Gasteiger partial charge on any atom is -0.324 e. The molecule has 4 aromatic rings. The van der Waals surface area contributed by atoms with E-state index in [1.54, 1.807) is 61.5 Å². The van der Waals surface area contributed by atoms with Crippen molar-refractivity contribution in [3.05, 3.63) is 72.3 Å². The standard InChI is InChI=1S/C24H20N4O5S2/c1-14-12-19-22(20(13-14)35(31,32)33)26-24(34-19)16-8-10-18(11-9-16)27-28-21(15(2)29)23(30)25-17-6-4-3-5-7-17/h3-13,21H,1-2H3,(H,25,30)(H,31,32,33). The molecule has 1 amide bonds. The minimum absolute atomic E-state index is 0.204. The van der Waals surface area contributed by atoms with Crippen LogP contribution in [0.1, 0.15) is 12.5 Å². The van der Waals surface area contributed by atoms with Crippen molar-refractivity contribution in [2.45, 2.75) is 24.8 Å². The van der Waals surface area contributed by atoms with Crippen molar-refractivity contribution in [3.8, 4) is 10.6 Å². The average Bonchev–Trinajstić information content (AvgIpc) is 3.22. The summed E-state index contributed by atoms with van der Waals surface area (Å²) in [6, 6.07) is 17.4. The molecule has 11 heteroatoms. The van der Waals surface area contributed by atoms with Crippen LogP contribution in [0.5, 0.6) is 0 Å². The van der Waals surface area contributed by atoms with E-state index < -0.39 is 27.9 Å². The fraction of sp³-hybridized carbons (Fsp3) is 0.125. The Morgan fingerprint density at radius 2 is 1.74 bits per heavy atom. The van der Waals surface area contributed by atoms with E-state index in [0.29, 0.717) is 32.2 Å². The van der Waals surface area contributed by atoms with Crippen LogP contribution in [0, 0.1) is 6.92 Å². The number of carbonyl (C=O) groups is 2. The number of Topliss-reactive ketones (excluding diaryl/α,β-unsaturated/α-hetero) is 1. The summed E-state index contributed by atoms with van der Waals surface area (Å²) in [6.45, 7) is 3.01. The predicted molar refractivity (Wildman–Crippen MR) is 134 cm³/mol. The Morgan fingerprint density at radius 3 is 2.37 bits per heavy atom. The van der Waals surface area contributed by atoms with E-state index in [4.69, 9.17) is 0 Å². The number of carbonyl (C=O) groups excluding carboxylic acids is 2. The van der Waals surface area contributed by atoms with Crippen LogP contribution in [0.2, 0.25) is 0 Å². The molecule has 35 heavy (non-hydrogen) atoms. The highest BCUT2D eigenvalue weighted by atomic mass is 32.2. The van der Waals surface area contributed by atoms with Gasteiger partial charge in [-0.2, -0.15) is 18.6 Å². The molecule has 2 N–H and O–H groups in total. The normalized spacial score (nSPS) is 12.7. The Labute approximate surface area is 205 Å². The van der Waals surface area contributed by atoms with Crippen LogP contribution in [-0.4, -0.2) is 35.7 Å². The molecule has 0 saturated carbocycles. The summed E-state index contributed by atoms with van der Waals surface area (Å²) in [5.74, 6) is -1.03. The molecule has 0 aliphatic heterocycles. The summed E-state index contributed by atoms with van der Waals surface area (Å²) in [6.07, 6.45) is 0. The highest BCUT2D eigenvalue weighted by molar-refractivity contribution is 7.86. The van der Waals surface area contributed by atoms with E-state index >= 15 is 0 Å². The maximum Gasteiger partial charge on any atom is 0.296 e. The lowest BCUT2D eigenvalue weighted by atomic mass is 10.2. The van der Waals surface area contributed by atoms with Crippen molar-refractivity contribution < 1.29 is 22.6 Å². The highest BCUT2D eigenvalue weighted by Crippen LogP contribution is 2.35. The molecule has 1 heterocycles. The first-order valence-corrected chi connectivity index (χ1v) is 12.6. The first-order valence-electron chi connectivity index (χ1n) is 10.4. The lowest BCUT2D eigenvalue weighted by Gasteiger charge is -2.09. The number of para-hydroxylation sites is 1. The first-order chi connectivity index (χ1) is 16.6. The van der Waals surface area contributed by atoms with Gasteiger partial charge in [-0.25, -0.2) is 4.98 Å². The Bertz CT molecular complexity index is 1550. The average molecular weight is 509 g/mol. The van der Waals surface area contributed by atoms with E-state index in [9.17, 15) is 22.6 Å². The van der Waals surface area contributed by atoms with Gasteiger partial charge in [-0.15, -0.1) is 11.3 Å². The fourth-order valence-corrected chi connectivity index (χ4v) is 5.19. The topological polar surface area (TPSA) is 138 Å². The van der Waals surface area contributed by atoms with Crippen LogP contribution in [0.25, 0.3) is 20.8 Å². The van der Waals surface area contributed by atoms with Crippen LogP contribution in [0.4, 0.5) is 11.4 Å². The zero-order valence-corrected chi connectivity index (χ0v) is 20.3. The summed E-state index contributed by atoms with van der Waals surface area (Å²) in [5, 5.41) is 11.2. The Morgan fingerprint density at radius 1 is 1.06 bits per heavy atom. The van der Waals surface area contributed by atoms with Gasteiger partial charge in [0.2, 0.25) is 6.04 Å². The number of benzene rings is 3. The van der Waals surface area contributed by atoms with Crippen LogP contribution in [0.3, 0.4) is 0 Å². The van der Waals surface area contributed by atoms with E-state index in [1.807, 2.05) is 6.07 Å². The minimum atomic E-state index is -4.42. The van der Waals surface area contributed by atoms with Gasteiger partial charge < -0.3 is 5.32 Å². The van der Waals surface area contributed by atoms with Crippen molar-refractivity contribution in [2.24, 2.45) is 10.2 Å². The summed E-state index contributed by atoms with van der Waals surface area (Å²) >= 11 is 1.29. The third-order valence-corrected chi connectivity index (χ3v) is 6.88. The summed E-state index contributed by atoms with van der Waals surface area (Å²) < 4.78 is 33.7. The zero-order chi connectivity index (χ0) is 25.2. The number of amides is 1. The van der Waals surface area contributed by atoms with Crippen LogP contribution in [0.15, 0.2) is 81.9 Å². The Hall–Kier alpha value is -3.80. The maximum atomic E-state index is 12.5. The van der Waals surface area contributed by atoms with Crippen molar-refractivity contribution in [3.63, 3.8) is 0 Å². The van der Waals surface area contributed by atoms with Gasteiger partial charge in [-0.05, 0) is 67.9 Å². The number of thiazole rings is 1. The van der Waals surface area contributed by atoms with Crippen LogP contribution < -0.4 is 5.32 Å². The molecular weight excluding hydrogens is 488 g/mol. The number of azo groups is 1. The highest BCUT2D eigenvalue weighted by Gasteiger charge is 2.23. The molecule has 1 atom stereocenters. The number of hydrogen-bond acceptors (Lipinski definition) is 8. The molecule has 0 fully saturated rings. The number of hydrogen-bond donors (Lipinski definition) is 2. The molecule has 9 nitrogen and oxygen atoms in total.